The maximum absolute atomic E-state index is 11.9. The molecule has 0 saturated carbocycles. The highest BCUT2D eigenvalue weighted by Crippen LogP contribution is 2.11. The first-order valence-corrected chi connectivity index (χ1v) is 6.81. The summed E-state index contributed by atoms with van der Waals surface area (Å²) >= 11 is 3.33. The minimum Gasteiger partial charge on any atom is -0.410 e. The van der Waals surface area contributed by atoms with Gasteiger partial charge < -0.3 is 4.74 Å². The van der Waals surface area contributed by atoms with Crippen molar-refractivity contribution in [3.05, 3.63) is 53.2 Å². The number of anilines is 1. The number of nitrogens with zero attached hydrogens (tertiary/aromatic N) is 3. The molecule has 2 rings (SSSR count). The smallest absolute Gasteiger partial charge is 0.410 e. The molecule has 0 unspecified atom stereocenters. The van der Waals surface area contributed by atoms with Crippen molar-refractivity contribution in [2.24, 2.45) is 4.99 Å². The van der Waals surface area contributed by atoms with E-state index in [4.69, 9.17) is 4.74 Å². The highest BCUT2D eigenvalue weighted by atomic mass is 79.9. The largest absolute Gasteiger partial charge is 0.418 e. The normalized spacial score (nSPS) is 11.0. The zero-order chi connectivity index (χ0) is 15.2. The fourth-order valence-corrected chi connectivity index (χ4v) is 2.06. The lowest BCUT2D eigenvalue weighted by molar-refractivity contribution is 0.215. The molecule has 6 nitrogen and oxygen atoms in total. The van der Waals surface area contributed by atoms with E-state index < -0.39 is 6.09 Å². The fraction of sp³-hybridized carbons (Fsp3) is 0.0714. The molecular formula is C14H13BrN4O2. The predicted octanol–water partition coefficient (Wildman–Crippen LogP) is 2.89. The molecule has 7 heteroatoms. The Morgan fingerprint density at radius 2 is 2.19 bits per heavy atom. The molecule has 0 atom stereocenters. The summed E-state index contributed by atoms with van der Waals surface area (Å²) in [5.74, 6) is 0.722. The summed E-state index contributed by atoms with van der Waals surface area (Å²) in [6, 6.07) is 8.76. The molecule has 0 saturated heterocycles. The van der Waals surface area contributed by atoms with Crippen molar-refractivity contribution in [3.63, 3.8) is 0 Å². The predicted molar refractivity (Wildman–Crippen MR) is 83.9 cm³/mol. The Kier molecular flexibility index (Phi) is 4.89. The van der Waals surface area contributed by atoms with Gasteiger partial charge in [-0.05, 0) is 28.1 Å². The summed E-state index contributed by atoms with van der Waals surface area (Å²) in [4.78, 5) is 20.1. The standard InChI is InChI=1S/C14H13BrN4O2/c1-3-19-11(15)9-17-12(13(19)16-2)18-14(20)21-10-7-5-4-6-8-10/h3-9H,1H2,2H3,(H,17,18,20). The Hall–Kier alpha value is -2.41. The Morgan fingerprint density at radius 3 is 2.81 bits per heavy atom. The van der Waals surface area contributed by atoms with Crippen LogP contribution in [-0.4, -0.2) is 22.7 Å². The molecule has 1 aromatic carbocycles. The lowest BCUT2D eigenvalue weighted by Crippen LogP contribution is -2.28. The maximum Gasteiger partial charge on any atom is 0.418 e. The van der Waals surface area contributed by atoms with Gasteiger partial charge >= 0.3 is 6.09 Å². The molecule has 0 aliphatic heterocycles. The topological polar surface area (TPSA) is 68.5 Å². The van der Waals surface area contributed by atoms with E-state index in [-0.39, 0.29) is 5.82 Å². The van der Waals surface area contributed by atoms with E-state index in [1.54, 1.807) is 42.1 Å². The number of carbonyl (C=O) groups excluding carboxylic acids is 1. The number of para-hydroxylation sites is 1. The van der Waals surface area contributed by atoms with Crippen LogP contribution in [0.15, 0.2) is 52.7 Å². The van der Waals surface area contributed by atoms with Crippen LogP contribution in [0.4, 0.5) is 10.6 Å². The van der Waals surface area contributed by atoms with Crippen LogP contribution in [0.1, 0.15) is 0 Å². The number of carbonyl (C=O) groups is 1. The second-order valence-corrected chi connectivity index (χ2v) is 4.67. The van der Waals surface area contributed by atoms with Gasteiger partial charge in [-0.3, -0.25) is 14.9 Å². The van der Waals surface area contributed by atoms with Crippen LogP contribution < -0.4 is 15.5 Å². The minimum absolute atomic E-state index is 0.279. The van der Waals surface area contributed by atoms with Gasteiger partial charge in [0, 0.05) is 13.2 Å². The Balaban J connectivity index is 2.24. The summed E-state index contributed by atoms with van der Waals surface area (Å²) < 4.78 is 7.45. The molecule has 1 heterocycles. The third-order valence-corrected chi connectivity index (χ3v) is 3.13. The molecular weight excluding hydrogens is 336 g/mol. The van der Waals surface area contributed by atoms with Crippen molar-refractivity contribution in [3.8, 4) is 5.75 Å². The number of hydrogen-bond donors (Lipinski definition) is 1. The van der Waals surface area contributed by atoms with Crippen molar-refractivity contribution < 1.29 is 9.53 Å². The second kappa shape index (κ2) is 6.85. The van der Waals surface area contributed by atoms with E-state index in [9.17, 15) is 4.79 Å². The van der Waals surface area contributed by atoms with Crippen molar-refractivity contribution in [2.45, 2.75) is 0 Å². The van der Waals surface area contributed by atoms with Gasteiger partial charge in [-0.1, -0.05) is 24.8 Å². The highest BCUT2D eigenvalue weighted by Gasteiger charge is 2.10. The van der Waals surface area contributed by atoms with Crippen molar-refractivity contribution in [2.75, 3.05) is 12.4 Å². The molecule has 0 aliphatic rings. The number of halogens is 1. The van der Waals surface area contributed by atoms with Crippen LogP contribution >= 0.6 is 15.9 Å². The van der Waals surface area contributed by atoms with E-state index >= 15 is 0 Å². The average Bonchev–Trinajstić information content (AvgIpc) is 2.49. The fourth-order valence-electron chi connectivity index (χ4n) is 1.65. The molecule has 108 valence electrons. The number of aromatic nitrogens is 2. The molecule has 1 amide bonds. The number of rotatable bonds is 3. The molecule has 2 aromatic rings. The van der Waals surface area contributed by atoms with Gasteiger partial charge in [-0.15, -0.1) is 0 Å². The number of hydrogen-bond acceptors (Lipinski definition) is 4. The maximum atomic E-state index is 11.9. The third kappa shape index (κ3) is 3.57. The van der Waals surface area contributed by atoms with Crippen molar-refractivity contribution in [1.82, 2.24) is 9.55 Å². The Morgan fingerprint density at radius 1 is 1.48 bits per heavy atom. The molecule has 1 aromatic heterocycles. The van der Waals surface area contributed by atoms with Gasteiger partial charge in [0.15, 0.2) is 11.3 Å². The Bertz CT molecular complexity index is 725. The highest BCUT2D eigenvalue weighted by molar-refractivity contribution is 9.10. The number of amides is 1. The van der Waals surface area contributed by atoms with E-state index in [2.05, 4.69) is 37.8 Å². The summed E-state index contributed by atoms with van der Waals surface area (Å²) in [6.45, 7) is 3.69. The number of benzene rings is 1. The molecule has 0 bridgehead atoms. The Labute approximate surface area is 129 Å². The zero-order valence-electron chi connectivity index (χ0n) is 11.3. The van der Waals surface area contributed by atoms with Gasteiger partial charge in [0.25, 0.3) is 0 Å². The van der Waals surface area contributed by atoms with Crippen LogP contribution in [0.3, 0.4) is 0 Å². The van der Waals surface area contributed by atoms with E-state index in [1.807, 2.05) is 6.07 Å². The van der Waals surface area contributed by atoms with Gasteiger partial charge in [-0.2, -0.15) is 0 Å². The first-order chi connectivity index (χ1) is 10.2. The summed E-state index contributed by atoms with van der Waals surface area (Å²) in [7, 11) is 1.59. The van der Waals surface area contributed by atoms with E-state index in [1.165, 1.54) is 6.20 Å². The van der Waals surface area contributed by atoms with Crippen LogP contribution in [0.2, 0.25) is 0 Å². The van der Waals surface area contributed by atoms with Crippen LogP contribution in [-0.2, 0) is 0 Å². The van der Waals surface area contributed by atoms with Gasteiger partial charge in [-0.25, -0.2) is 9.78 Å². The van der Waals surface area contributed by atoms with Crippen molar-refractivity contribution in [1.29, 1.82) is 0 Å². The quantitative estimate of drug-likeness (QED) is 0.927. The zero-order valence-corrected chi connectivity index (χ0v) is 12.9. The first kappa shape index (κ1) is 15.0. The molecule has 0 fully saturated rings. The molecule has 21 heavy (non-hydrogen) atoms. The molecule has 1 N–H and O–H groups in total. The summed E-state index contributed by atoms with van der Waals surface area (Å²) in [5, 5.41) is 2.56. The second-order valence-electron chi connectivity index (χ2n) is 3.86. The minimum atomic E-state index is -0.642. The lowest BCUT2D eigenvalue weighted by atomic mass is 10.3. The van der Waals surface area contributed by atoms with Crippen LogP contribution in [0.5, 0.6) is 5.75 Å². The molecule has 0 radical (unpaired) electrons. The van der Waals surface area contributed by atoms with Crippen LogP contribution in [0.25, 0.3) is 6.20 Å². The SMILES string of the molecule is C=Cn1c(Br)cnc(NC(=O)Oc2ccccc2)c1=NC. The first-order valence-electron chi connectivity index (χ1n) is 6.02. The van der Waals surface area contributed by atoms with Gasteiger partial charge in [0.1, 0.15) is 10.4 Å². The van der Waals surface area contributed by atoms with Gasteiger partial charge in [0.05, 0.1) is 6.20 Å². The average molecular weight is 349 g/mol. The lowest BCUT2D eigenvalue weighted by Gasteiger charge is -2.09. The summed E-state index contributed by atoms with van der Waals surface area (Å²) in [5.41, 5.74) is 0.449. The van der Waals surface area contributed by atoms with Crippen molar-refractivity contribution >= 4 is 34.0 Å². The van der Waals surface area contributed by atoms with E-state index in [0.717, 1.165) is 0 Å². The number of nitrogens with one attached hydrogen (secondary N) is 1. The van der Waals surface area contributed by atoms with Gasteiger partial charge in [0.2, 0.25) is 0 Å². The summed E-state index contributed by atoms with van der Waals surface area (Å²) in [6.07, 6.45) is 2.45. The number of ether oxygens (including phenoxy) is 1. The van der Waals surface area contributed by atoms with E-state index in [0.29, 0.717) is 15.8 Å². The molecule has 0 spiro atoms. The molecule has 0 aliphatic carbocycles. The van der Waals surface area contributed by atoms with Crippen LogP contribution in [0, 0.1) is 0 Å². The third-order valence-electron chi connectivity index (χ3n) is 2.54. The monoisotopic (exact) mass is 348 g/mol.